The van der Waals surface area contributed by atoms with Crippen molar-refractivity contribution < 1.29 is 18.0 Å². The number of hydrogen-bond donors (Lipinski definition) is 1. The van der Waals surface area contributed by atoms with Gasteiger partial charge in [0.05, 0.1) is 17.4 Å². The van der Waals surface area contributed by atoms with Crippen molar-refractivity contribution in [3.8, 4) is 0 Å². The molecule has 0 unspecified atom stereocenters. The SMILES string of the molecule is CN=C(NCC1(c2cccc(C(F)(F)F)c2)CC1)N1CCN(c2cnn(C)c2)C(=O)C1. The van der Waals surface area contributed by atoms with Gasteiger partial charge < -0.3 is 15.1 Å². The summed E-state index contributed by atoms with van der Waals surface area (Å²) in [5.41, 5.74) is 0.482. The number of alkyl halides is 3. The molecule has 2 aromatic rings. The minimum absolute atomic E-state index is 0.0544. The van der Waals surface area contributed by atoms with Crippen LogP contribution in [0.1, 0.15) is 24.0 Å². The first-order chi connectivity index (χ1) is 14.7. The van der Waals surface area contributed by atoms with E-state index in [2.05, 4.69) is 15.4 Å². The van der Waals surface area contributed by atoms with Gasteiger partial charge >= 0.3 is 6.18 Å². The number of amides is 1. The van der Waals surface area contributed by atoms with E-state index in [1.807, 2.05) is 4.90 Å². The topological polar surface area (TPSA) is 65.8 Å². The Balaban J connectivity index is 1.40. The van der Waals surface area contributed by atoms with E-state index in [0.29, 0.717) is 31.2 Å². The van der Waals surface area contributed by atoms with Gasteiger partial charge in [-0.2, -0.15) is 18.3 Å². The van der Waals surface area contributed by atoms with E-state index in [1.54, 1.807) is 42.1 Å². The minimum atomic E-state index is -4.36. The van der Waals surface area contributed by atoms with Gasteiger partial charge in [-0.3, -0.25) is 14.5 Å². The summed E-state index contributed by atoms with van der Waals surface area (Å²) in [6.07, 6.45) is 0.723. The number of hydrogen-bond acceptors (Lipinski definition) is 3. The molecule has 10 heteroatoms. The van der Waals surface area contributed by atoms with Gasteiger partial charge in [0.15, 0.2) is 5.96 Å². The summed E-state index contributed by atoms with van der Waals surface area (Å²) in [6.45, 7) is 1.74. The van der Waals surface area contributed by atoms with Crippen molar-refractivity contribution in [1.82, 2.24) is 20.0 Å². The van der Waals surface area contributed by atoms with Crippen LogP contribution in [0.25, 0.3) is 0 Å². The van der Waals surface area contributed by atoms with E-state index in [0.717, 1.165) is 24.6 Å². The zero-order valence-corrected chi connectivity index (χ0v) is 17.5. The molecule has 31 heavy (non-hydrogen) atoms. The van der Waals surface area contributed by atoms with Crippen LogP contribution >= 0.6 is 0 Å². The molecule has 1 amide bonds. The second kappa shape index (κ2) is 7.90. The maximum absolute atomic E-state index is 13.1. The van der Waals surface area contributed by atoms with Gasteiger partial charge in [0.2, 0.25) is 5.91 Å². The number of benzene rings is 1. The molecule has 1 saturated carbocycles. The first kappa shape index (κ1) is 21.2. The van der Waals surface area contributed by atoms with E-state index in [9.17, 15) is 18.0 Å². The Hall–Kier alpha value is -3.04. The lowest BCUT2D eigenvalue weighted by atomic mass is 9.94. The van der Waals surface area contributed by atoms with E-state index in [1.165, 1.54) is 12.1 Å². The van der Waals surface area contributed by atoms with Gasteiger partial charge in [0.25, 0.3) is 0 Å². The maximum Gasteiger partial charge on any atom is 0.416 e. The Kier molecular flexibility index (Phi) is 5.40. The molecule has 4 rings (SSSR count). The predicted octanol–water partition coefficient (Wildman–Crippen LogP) is 2.39. The van der Waals surface area contributed by atoms with E-state index >= 15 is 0 Å². The van der Waals surface area contributed by atoms with Crippen LogP contribution in [0.2, 0.25) is 0 Å². The van der Waals surface area contributed by atoms with Crippen molar-refractivity contribution in [2.75, 3.05) is 38.1 Å². The smallest absolute Gasteiger partial charge is 0.355 e. The Morgan fingerprint density at radius 3 is 2.65 bits per heavy atom. The number of nitrogens with zero attached hydrogens (tertiary/aromatic N) is 5. The normalized spacial score (nSPS) is 19.0. The number of rotatable bonds is 4. The molecular weight excluding hydrogens is 409 g/mol. The van der Waals surface area contributed by atoms with E-state index in [4.69, 9.17) is 0 Å². The summed E-state index contributed by atoms with van der Waals surface area (Å²) in [5.74, 6) is 0.527. The molecule has 0 spiro atoms. The van der Waals surface area contributed by atoms with Crippen LogP contribution in [-0.2, 0) is 23.4 Å². The molecule has 1 aliphatic carbocycles. The van der Waals surface area contributed by atoms with Crippen molar-refractivity contribution in [1.29, 1.82) is 0 Å². The Bertz CT molecular complexity index is 995. The number of halogens is 3. The molecule has 2 aliphatic rings. The fourth-order valence-electron chi connectivity index (χ4n) is 4.00. The molecule has 1 aliphatic heterocycles. The van der Waals surface area contributed by atoms with Crippen molar-refractivity contribution in [3.63, 3.8) is 0 Å². The number of aromatic nitrogens is 2. The van der Waals surface area contributed by atoms with Gasteiger partial charge in [-0.05, 0) is 24.5 Å². The highest BCUT2D eigenvalue weighted by molar-refractivity contribution is 5.98. The van der Waals surface area contributed by atoms with Gasteiger partial charge in [0.1, 0.15) is 6.54 Å². The second-order valence-corrected chi connectivity index (χ2v) is 8.10. The third-order valence-corrected chi connectivity index (χ3v) is 5.98. The minimum Gasteiger partial charge on any atom is -0.355 e. The van der Waals surface area contributed by atoms with Crippen LogP contribution in [0.5, 0.6) is 0 Å². The summed E-state index contributed by atoms with van der Waals surface area (Å²) in [7, 11) is 3.44. The van der Waals surface area contributed by atoms with Crippen LogP contribution in [0, 0.1) is 0 Å². The van der Waals surface area contributed by atoms with Crippen LogP contribution < -0.4 is 10.2 Å². The lowest BCUT2D eigenvalue weighted by molar-refractivity contribution is -0.137. The fourth-order valence-corrected chi connectivity index (χ4v) is 4.00. The quantitative estimate of drug-likeness (QED) is 0.593. The number of anilines is 1. The summed E-state index contributed by atoms with van der Waals surface area (Å²) in [5, 5.41) is 7.40. The lowest BCUT2D eigenvalue weighted by Gasteiger charge is -2.35. The summed E-state index contributed by atoms with van der Waals surface area (Å²) < 4.78 is 40.9. The Morgan fingerprint density at radius 1 is 1.29 bits per heavy atom. The number of guanidine groups is 1. The van der Waals surface area contributed by atoms with Crippen molar-refractivity contribution >= 4 is 17.6 Å². The molecule has 2 fully saturated rings. The molecule has 0 radical (unpaired) electrons. The Labute approximate surface area is 178 Å². The van der Waals surface area contributed by atoms with Gasteiger partial charge in [-0.1, -0.05) is 18.2 Å². The number of aliphatic imine (C=N–C) groups is 1. The summed E-state index contributed by atoms with van der Waals surface area (Å²) in [4.78, 5) is 20.5. The number of nitrogens with one attached hydrogen (secondary N) is 1. The molecular formula is C21H25F3N6O. The summed E-state index contributed by atoms with van der Waals surface area (Å²) >= 11 is 0. The largest absolute Gasteiger partial charge is 0.416 e. The first-order valence-corrected chi connectivity index (χ1v) is 10.1. The number of piperazine rings is 1. The van der Waals surface area contributed by atoms with Gasteiger partial charge in [0, 0.05) is 45.3 Å². The Morgan fingerprint density at radius 2 is 2.06 bits per heavy atom. The van der Waals surface area contributed by atoms with E-state index in [-0.39, 0.29) is 17.9 Å². The van der Waals surface area contributed by atoms with Crippen LogP contribution in [0.15, 0.2) is 41.7 Å². The molecule has 1 aromatic carbocycles. The molecule has 1 N–H and O–H groups in total. The van der Waals surface area contributed by atoms with Crippen LogP contribution in [0.3, 0.4) is 0 Å². The molecule has 1 saturated heterocycles. The number of aryl methyl sites for hydroxylation is 1. The lowest BCUT2D eigenvalue weighted by Crippen LogP contribution is -2.56. The zero-order chi connectivity index (χ0) is 22.2. The standard InChI is InChI=1S/C21H25F3N6O/c1-25-19(29-8-9-30(18(31)13-29)17-11-27-28(2)12-17)26-14-20(6-7-20)15-4-3-5-16(10-15)21(22,23)24/h3-5,10-12H,6-9,13-14H2,1-2H3,(H,25,26). The zero-order valence-electron chi connectivity index (χ0n) is 17.5. The molecule has 2 heterocycles. The van der Waals surface area contributed by atoms with Gasteiger partial charge in [-0.25, -0.2) is 0 Å². The molecule has 0 bridgehead atoms. The highest BCUT2D eigenvalue weighted by Gasteiger charge is 2.45. The third-order valence-electron chi connectivity index (χ3n) is 5.98. The third kappa shape index (κ3) is 4.38. The predicted molar refractivity (Wildman–Crippen MR) is 111 cm³/mol. The molecule has 1 aromatic heterocycles. The van der Waals surface area contributed by atoms with E-state index < -0.39 is 11.7 Å². The van der Waals surface area contributed by atoms with Crippen molar-refractivity contribution in [2.24, 2.45) is 12.0 Å². The average Bonchev–Trinajstić information content (AvgIpc) is 3.41. The maximum atomic E-state index is 13.1. The van der Waals surface area contributed by atoms with Gasteiger partial charge in [-0.15, -0.1) is 0 Å². The molecule has 7 nitrogen and oxygen atoms in total. The average molecular weight is 434 g/mol. The fraction of sp³-hybridized carbons (Fsp3) is 0.476. The number of carbonyl (C=O) groups is 1. The van der Waals surface area contributed by atoms with Crippen LogP contribution in [-0.4, -0.2) is 59.8 Å². The van der Waals surface area contributed by atoms with Crippen LogP contribution in [0.4, 0.5) is 18.9 Å². The first-order valence-electron chi connectivity index (χ1n) is 10.1. The highest BCUT2D eigenvalue weighted by atomic mass is 19.4. The van der Waals surface area contributed by atoms with Crippen molar-refractivity contribution in [3.05, 3.63) is 47.8 Å². The molecule has 166 valence electrons. The molecule has 0 atom stereocenters. The highest BCUT2D eigenvalue weighted by Crippen LogP contribution is 2.48. The summed E-state index contributed by atoms with van der Waals surface area (Å²) in [6, 6.07) is 5.55. The monoisotopic (exact) mass is 434 g/mol. The van der Waals surface area contributed by atoms with Crippen molar-refractivity contribution in [2.45, 2.75) is 24.4 Å². The number of carbonyl (C=O) groups excluding carboxylic acids is 1. The second-order valence-electron chi connectivity index (χ2n) is 8.10.